The average Bonchev–Trinajstić information content (AvgIpc) is 3.29. The summed E-state index contributed by atoms with van der Waals surface area (Å²) in [5.41, 5.74) is 2.79. The molecule has 0 aromatic carbocycles. The van der Waals surface area contributed by atoms with Crippen molar-refractivity contribution < 1.29 is 9.47 Å². The number of aromatic nitrogens is 5. The van der Waals surface area contributed by atoms with E-state index in [1.807, 2.05) is 70.9 Å². The minimum absolute atomic E-state index is 0.625. The van der Waals surface area contributed by atoms with E-state index in [0.717, 1.165) is 34.3 Å². The number of halogens is 1. The van der Waals surface area contributed by atoms with E-state index in [2.05, 4.69) is 45.8 Å². The quantitative estimate of drug-likeness (QED) is 0.327. The molecule has 0 N–H and O–H groups in total. The van der Waals surface area contributed by atoms with Crippen molar-refractivity contribution >= 4 is 21.6 Å². The molecule has 0 aliphatic carbocycles. The average molecular weight is 528 g/mol. The topological polar surface area (TPSA) is 80.9 Å². The molecule has 10 heteroatoms. The lowest BCUT2D eigenvalue weighted by Crippen LogP contribution is -2.19. The van der Waals surface area contributed by atoms with Crippen LogP contribution in [-0.4, -0.2) is 88.9 Å². The Balaban J connectivity index is 0.000000215. The Bertz CT molecular complexity index is 1130. The highest BCUT2D eigenvalue weighted by atomic mass is 79.9. The van der Waals surface area contributed by atoms with Crippen molar-refractivity contribution in [3.8, 4) is 22.9 Å². The summed E-state index contributed by atoms with van der Waals surface area (Å²) in [6, 6.07) is 9.48. The first-order chi connectivity index (χ1) is 16.4. The Kier molecular flexibility index (Phi) is 9.75. The van der Waals surface area contributed by atoms with Crippen LogP contribution in [0.2, 0.25) is 0 Å². The van der Waals surface area contributed by atoms with E-state index in [-0.39, 0.29) is 0 Å². The van der Waals surface area contributed by atoms with Crippen LogP contribution in [0.3, 0.4) is 0 Å². The number of hydrogen-bond acceptors (Lipinski definition) is 8. The Labute approximate surface area is 208 Å². The third-order valence-electron chi connectivity index (χ3n) is 4.59. The molecule has 34 heavy (non-hydrogen) atoms. The number of hydrogen-bond donors (Lipinski definition) is 0. The number of fused-ring (bicyclic) bond motifs is 1. The Morgan fingerprint density at radius 1 is 0.765 bits per heavy atom. The lowest BCUT2D eigenvalue weighted by atomic mass is 10.1. The van der Waals surface area contributed by atoms with Crippen molar-refractivity contribution in [3.63, 3.8) is 0 Å². The predicted molar refractivity (Wildman–Crippen MR) is 136 cm³/mol. The van der Waals surface area contributed by atoms with Crippen LogP contribution in [0, 0.1) is 0 Å². The maximum Gasteiger partial charge on any atom is 0.213 e. The molecule has 4 heterocycles. The fraction of sp³-hybridized carbons (Fsp3) is 0.333. The maximum absolute atomic E-state index is 5.58. The van der Waals surface area contributed by atoms with Gasteiger partial charge in [-0.3, -0.25) is 0 Å². The zero-order valence-electron chi connectivity index (χ0n) is 19.9. The predicted octanol–water partition coefficient (Wildman–Crippen LogP) is 3.52. The summed E-state index contributed by atoms with van der Waals surface area (Å²) in [6.07, 6.45) is 9.00. The van der Waals surface area contributed by atoms with E-state index >= 15 is 0 Å². The van der Waals surface area contributed by atoms with Crippen molar-refractivity contribution in [2.24, 2.45) is 0 Å². The van der Waals surface area contributed by atoms with Gasteiger partial charge in [0.25, 0.3) is 0 Å². The van der Waals surface area contributed by atoms with E-state index in [0.29, 0.717) is 25.0 Å². The summed E-state index contributed by atoms with van der Waals surface area (Å²) < 4.78 is 13.7. The number of ether oxygens (including phenoxy) is 2. The molecule has 0 aliphatic rings. The van der Waals surface area contributed by atoms with Crippen LogP contribution in [0.25, 0.3) is 16.8 Å². The molecular formula is C24H30BrN7O2. The number of likely N-dealkylation sites (N-methyl/N-ethyl adjacent to an activating group) is 2. The Morgan fingerprint density at radius 2 is 1.38 bits per heavy atom. The van der Waals surface area contributed by atoms with Crippen LogP contribution in [-0.2, 0) is 0 Å². The summed E-state index contributed by atoms with van der Waals surface area (Å²) in [5, 5.41) is 4.18. The molecule has 0 saturated heterocycles. The first-order valence-corrected chi connectivity index (χ1v) is 11.6. The number of nitrogens with zero attached hydrogens (tertiary/aromatic N) is 7. The fourth-order valence-corrected chi connectivity index (χ4v) is 2.94. The van der Waals surface area contributed by atoms with Crippen molar-refractivity contribution in [2.45, 2.75) is 0 Å². The number of pyridine rings is 2. The van der Waals surface area contributed by atoms with Gasteiger partial charge in [-0.05, 0) is 56.3 Å². The second-order valence-electron chi connectivity index (χ2n) is 7.98. The molecule has 0 radical (unpaired) electrons. The van der Waals surface area contributed by atoms with Crippen LogP contribution < -0.4 is 9.47 Å². The first kappa shape index (κ1) is 25.5. The van der Waals surface area contributed by atoms with Gasteiger partial charge >= 0.3 is 0 Å². The van der Waals surface area contributed by atoms with Crippen LogP contribution in [0.1, 0.15) is 0 Å². The van der Waals surface area contributed by atoms with E-state index < -0.39 is 0 Å². The van der Waals surface area contributed by atoms with Crippen molar-refractivity contribution in [1.82, 2.24) is 34.4 Å². The van der Waals surface area contributed by atoms with E-state index in [1.54, 1.807) is 23.1 Å². The molecule has 4 aromatic heterocycles. The second kappa shape index (κ2) is 13.0. The van der Waals surface area contributed by atoms with E-state index in [1.165, 1.54) is 0 Å². The minimum Gasteiger partial charge on any atom is -0.476 e. The SMILES string of the molecule is CN(C)CCOc1ccc(-c2cnc3ccnn3c2)cn1.CN(C)CCOc1ccc(Br)cn1. The monoisotopic (exact) mass is 527 g/mol. The zero-order chi connectivity index (χ0) is 24.3. The third kappa shape index (κ3) is 8.36. The highest BCUT2D eigenvalue weighted by molar-refractivity contribution is 9.10. The summed E-state index contributed by atoms with van der Waals surface area (Å²) in [5.74, 6) is 1.30. The molecule has 0 unspecified atom stereocenters. The van der Waals surface area contributed by atoms with E-state index in [9.17, 15) is 0 Å². The third-order valence-corrected chi connectivity index (χ3v) is 5.06. The van der Waals surface area contributed by atoms with Gasteiger partial charge in [-0.1, -0.05) is 0 Å². The minimum atomic E-state index is 0.625. The molecule has 0 spiro atoms. The largest absolute Gasteiger partial charge is 0.476 e. The molecule has 0 fully saturated rings. The van der Waals surface area contributed by atoms with Gasteiger partial charge in [-0.2, -0.15) is 5.10 Å². The van der Waals surface area contributed by atoms with Gasteiger partial charge in [0.05, 0.1) is 6.20 Å². The fourth-order valence-electron chi connectivity index (χ4n) is 2.71. The van der Waals surface area contributed by atoms with Crippen molar-refractivity contribution in [1.29, 1.82) is 0 Å². The van der Waals surface area contributed by atoms with E-state index in [4.69, 9.17) is 9.47 Å². The van der Waals surface area contributed by atoms with Crippen molar-refractivity contribution in [3.05, 3.63) is 65.8 Å². The van der Waals surface area contributed by atoms with Crippen LogP contribution in [0.4, 0.5) is 0 Å². The molecule has 4 rings (SSSR count). The summed E-state index contributed by atoms with van der Waals surface area (Å²) in [4.78, 5) is 16.9. The molecule has 0 atom stereocenters. The highest BCUT2D eigenvalue weighted by Crippen LogP contribution is 2.19. The van der Waals surface area contributed by atoms with Crippen LogP contribution >= 0.6 is 15.9 Å². The first-order valence-electron chi connectivity index (χ1n) is 10.8. The molecule has 9 nitrogen and oxygen atoms in total. The smallest absolute Gasteiger partial charge is 0.213 e. The van der Waals surface area contributed by atoms with Gasteiger partial charge in [0, 0.05) is 71.7 Å². The molecule has 0 saturated carbocycles. The van der Waals surface area contributed by atoms with Crippen molar-refractivity contribution in [2.75, 3.05) is 54.5 Å². The number of rotatable bonds is 9. The lowest BCUT2D eigenvalue weighted by molar-refractivity contribution is 0.253. The zero-order valence-corrected chi connectivity index (χ0v) is 21.5. The Morgan fingerprint density at radius 3 is 1.94 bits per heavy atom. The lowest BCUT2D eigenvalue weighted by Gasteiger charge is -2.10. The molecule has 0 aliphatic heterocycles. The standard InChI is InChI=1S/C15H17N5O.C9H13BrN2O/c1-19(2)7-8-21-15-4-3-12(9-17-15)13-10-16-14-5-6-18-20(14)11-13;1-12(2)5-6-13-9-4-3-8(10)7-11-9/h3-6,9-11H,7-8H2,1-2H3;3-4,7H,5-6H2,1-2H3. The summed E-state index contributed by atoms with van der Waals surface area (Å²) in [7, 11) is 8.05. The normalized spacial score (nSPS) is 10.9. The summed E-state index contributed by atoms with van der Waals surface area (Å²) in [6.45, 7) is 3.06. The van der Waals surface area contributed by atoms with Gasteiger partial charge in [0.2, 0.25) is 11.8 Å². The van der Waals surface area contributed by atoms with Gasteiger partial charge in [0.1, 0.15) is 13.2 Å². The summed E-state index contributed by atoms with van der Waals surface area (Å²) >= 11 is 3.31. The van der Waals surface area contributed by atoms with Crippen LogP contribution in [0.5, 0.6) is 11.8 Å². The second-order valence-corrected chi connectivity index (χ2v) is 8.90. The molecule has 0 amide bonds. The van der Waals surface area contributed by atoms with Gasteiger partial charge in [-0.25, -0.2) is 19.5 Å². The maximum atomic E-state index is 5.58. The van der Waals surface area contributed by atoms with Gasteiger partial charge in [-0.15, -0.1) is 0 Å². The van der Waals surface area contributed by atoms with Gasteiger partial charge in [0.15, 0.2) is 5.65 Å². The molecule has 180 valence electrons. The molecular weight excluding hydrogens is 498 g/mol. The highest BCUT2D eigenvalue weighted by Gasteiger charge is 2.03. The van der Waals surface area contributed by atoms with Gasteiger partial charge < -0.3 is 19.3 Å². The molecule has 0 bridgehead atoms. The molecule has 4 aromatic rings. The Hall–Kier alpha value is -3.08. The van der Waals surface area contributed by atoms with Crippen LogP contribution in [0.15, 0.2) is 65.8 Å².